The van der Waals surface area contributed by atoms with Gasteiger partial charge < -0.3 is 4.74 Å². The second kappa shape index (κ2) is 5.59. The van der Waals surface area contributed by atoms with Gasteiger partial charge in [-0.2, -0.15) is 10.2 Å². The van der Waals surface area contributed by atoms with E-state index in [9.17, 15) is 13.6 Å². The van der Waals surface area contributed by atoms with Crippen molar-refractivity contribution in [3.63, 3.8) is 0 Å². The van der Waals surface area contributed by atoms with E-state index < -0.39 is 11.6 Å². The van der Waals surface area contributed by atoms with Crippen molar-refractivity contribution in [1.82, 2.24) is 19.6 Å². The standard InChI is InChI=1S/C17H13ClF2N4O2/c18-16-8-4-21-24(15-10-6-26-7-11(10)15)17(25)14(8)22-23(16)5-9-12(19)2-1-3-13(9)20/h1-4,10-11,15H,5-7H2/t10-,11+,15+. The van der Waals surface area contributed by atoms with Gasteiger partial charge in [-0.25, -0.2) is 18.1 Å². The largest absolute Gasteiger partial charge is 0.381 e. The van der Waals surface area contributed by atoms with E-state index in [0.29, 0.717) is 30.4 Å². The molecule has 6 nitrogen and oxygen atoms in total. The van der Waals surface area contributed by atoms with Crippen LogP contribution in [-0.4, -0.2) is 32.8 Å². The highest BCUT2D eigenvalue weighted by Gasteiger charge is 2.56. The Labute approximate surface area is 150 Å². The first-order chi connectivity index (χ1) is 12.6. The third-order valence-corrected chi connectivity index (χ3v) is 5.60. The van der Waals surface area contributed by atoms with E-state index in [0.717, 1.165) is 12.1 Å². The van der Waals surface area contributed by atoms with Crippen molar-refractivity contribution in [1.29, 1.82) is 0 Å². The summed E-state index contributed by atoms with van der Waals surface area (Å²) in [6.07, 6.45) is 1.48. The summed E-state index contributed by atoms with van der Waals surface area (Å²) >= 11 is 6.27. The molecule has 2 aliphatic rings. The summed E-state index contributed by atoms with van der Waals surface area (Å²) in [7, 11) is 0. The fourth-order valence-corrected chi connectivity index (χ4v) is 3.97. The van der Waals surface area contributed by atoms with E-state index in [1.807, 2.05) is 0 Å². The third-order valence-electron chi connectivity index (χ3n) is 5.21. The molecule has 3 atom stereocenters. The summed E-state index contributed by atoms with van der Waals surface area (Å²) < 4.78 is 35.8. The van der Waals surface area contributed by atoms with Gasteiger partial charge in [0.05, 0.1) is 37.4 Å². The van der Waals surface area contributed by atoms with Gasteiger partial charge in [0, 0.05) is 17.4 Å². The highest BCUT2D eigenvalue weighted by atomic mass is 35.5. The van der Waals surface area contributed by atoms with Crippen LogP contribution >= 0.6 is 11.6 Å². The number of benzene rings is 1. The summed E-state index contributed by atoms with van der Waals surface area (Å²) in [4.78, 5) is 12.8. The molecule has 1 aliphatic carbocycles. The van der Waals surface area contributed by atoms with Crippen LogP contribution in [0.25, 0.3) is 10.9 Å². The molecule has 1 aromatic carbocycles. The normalized spacial score (nSPS) is 24.2. The first-order valence-corrected chi connectivity index (χ1v) is 8.58. The van der Waals surface area contributed by atoms with Gasteiger partial charge in [-0.3, -0.25) is 4.79 Å². The Morgan fingerprint density at radius 3 is 2.62 bits per heavy atom. The molecule has 0 spiro atoms. The molecule has 0 amide bonds. The summed E-state index contributed by atoms with van der Waals surface area (Å²) in [5, 5.41) is 8.92. The van der Waals surface area contributed by atoms with E-state index in [1.165, 1.54) is 21.6 Å². The summed E-state index contributed by atoms with van der Waals surface area (Å²) in [6, 6.07) is 3.64. The lowest BCUT2D eigenvalue weighted by molar-refractivity contribution is 0.149. The minimum atomic E-state index is -0.693. The van der Waals surface area contributed by atoms with Crippen molar-refractivity contribution >= 4 is 22.5 Å². The van der Waals surface area contributed by atoms with Crippen LogP contribution in [0.15, 0.2) is 29.2 Å². The molecule has 134 valence electrons. The molecular weight excluding hydrogens is 366 g/mol. The molecule has 3 aromatic rings. The molecule has 9 heteroatoms. The van der Waals surface area contributed by atoms with Crippen LogP contribution in [0.3, 0.4) is 0 Å². The van der Waals surface area contributed by atoms with Gasteiger partial charge in [-0.1, -0.05) is 17.7 Å². The van der Waals surface area contributed by atoms with E-state index in [2.05, 4.69) is 10.2 Å². The van der Waals surface area contributed by atoms with E-state index in [1.54, 1.807) is 0 Å². The van der Waals surface area contributed by atoms with Gasteiger partial charge >= 0.3 is 0 Å². The molecule has 0 bridgehead atoms. The van der Waals surface area contributed by atoms with Crippen LogP contribution in [0.1, 0.15) is 11.6 Å². The zero-order valence-corrected chi connectivity index (χ0v) is 14.2. The van der Waals surface area contributed by atoms with Crippen molar-refractivity contribution in [2.24, 2.45) is 11.8 Å². The van der Waals surface area contributed by atoms with Crippen molar-refractivity contribution in [2.75, 3.05) is 13.2 Å². The number of aromatic nitrogens is 4. The van der Waals surface area contributed by atoms with Gasteiger partial charge in [0.25, 0.3) is 5.56 Å². The Hall–Kier alpha value is -2.32. The monoisotopic (exact) mass is 378 g/mol. The molecule has 5 rings (SSSR count). The van der Waals surface area contributed by atoms with E-state index >= 15 is 0 Å². The zero-order valence-electron chi connectivity index (χ0n) is 13.4. The fraction of sp³-hybridized carbons (Fsp3) is 0.353. The number of fused-ring (bicyclic) bond motifs is 2. The highest BCUT2D eigenvalue weighted by Crippen LogP contribution is 2.53. The van der Waals surface area contributed by atoms with Gasteiger partial charge in [0.2, 0.25) is 0 Å². The number of nitrogens with zero attached hydrogens (tertiary/aromatic N) is 4. The molecule has 0 radical (unpaired) electrons. The lowest BCUT2D eigenvalue weighted by Crippen LogP contribution is -2.24. The second-order valence-corrected chi connectivity index (χ2v) is 7.02. The number of hydrogen-bond donors (Lipinski definition) is 0. The van der Waals surface area contributed by atoms with Crippen molar-refractivity contribution in [3.05, 3.63) is 57.1 Å². The van der Waals surface area contributed by atoms with Crippen molar-refractivity contribution in [2.45, 2.75) is 12.6 Å². The zero-order chi connectivity index (χ0) is 18.0. The Morgan fingerprint density at radius 1 is 1.23 bits per heavy atom. The average molecular weight is 379 g/mol. The molecule has 1 saturated heterocycles. The Bertz CT molecular complexity index is 1070. The lowest BCUT2D eigenvalue weighted by atomic mass is 10.2. The number of ether oxygens (including phenoxy) is 1. The Morgan fingerprint density at radius 2 is 1.92 bits per heavy atom. The van der Waals surface area contributed by atoms with Gasteiger partial charge in [0.15, 0.2) is 5.52 Å². The first kappa shape index (κ1) is 15.9. The SMILES string of the molecule is O=c1c2nn(Cc3c(F)cccc3F)c(Cl)c2cnn1[C@H]1[C@@H]2COC[C@@H]21. The maximum absolute atomic E-state index is 13.9. The van der Waals surface area contributed by atoms with Gasteiger partial charge in [-0.15, -0.1) is 0 Å². The Balaban J connectivity index is 1.57. The Kier molecular flexibility index (Phi) is 3.42. The third kappa shape index (κ3) is 2.22. The van der Waals surface area contributed by atoms with E-state index in [4.69, 9.17) is 16.3 Å². The molecule has 0 unspecified atom stereocenters. The van der Waals surface area contributed by atoms with Crippen LogP contribution in [0, 0.1) is 23.5 Å². The summed E-state index contributed by atoms with van der Waals surface area (Å²) in [5.74, 6) is -0.769. The average Bonchev–Trinajstić information content (AvgIpc) is 2.95. The number of hydrogen-bond acceptors (Lipinski definition) is 4. The number of rotatable bonds is 3. The molecule has 3 heterocycles. The molecule has 0 N–H and O–H groups in total. The molecule has 2 fully saturated rings. The van der Waals surface area contributed by atoms with Gasteiger partial charge in [0.1, 0.15) is 16.8 Å². The fourth-order valence-electron chi connectivity index (χ4n) is 3.73. The topological polar surface area (TPSA) is 61.9 Å². The second-order valence-electron chi connectivity index (χ2n) is 6.66. The maximum atomic E-state index is 13.9. The van der Waals surface area contributed by atoms with Crippen LogP contribution < -0.4 is 5.56 Å². The van der Waals surface area contributed by atoms with E-state index in [-0.39, 0.29) is 34.4 Å². The molecule has 2 aromatic heterocycles. The van der Waals surface area contributed by atoms with Crippen LogP contribution in [0.4, 0.5) is 8.78 Å². The van der Waals surface area contributed by atoms with Crippen LogP contribution in [0.2, 0.25) is 5.15 Å². The minimum absolute atomic E-state index is 0.0218. The molecular formula is C17H13ClF2N4O2. The predicted octanol–water partition coefficient (Wildman–Crippen LogP) is 2.39. The summed E-state index contributed by atoms with van der Waals surface area (Å²) in [5.41, 5.74) is -0.367. The maximum Gasteiger partial charge on any atom is 0.295 e. The lowest BCUT2D eigenvalue weighted by Gasteiger charge is -2.06. The first-order valence-electron chi connectivity index (χ1n) is 8.20. The molecule has 26 heavy (non-hydrogen) atoms. The van der Waals surface area contributed by atoms with Crippen molar-refractivity contribution in [3.8, 4) is 0 Å². The molecule has 1 aliphatic heterocycles. The summed E-state index contributed by atoms with van der Waals surface area (Å²) in [6.45, 7) is 1.04. The van der Waals surface area contributed by atoms with Gasteiger partial charge in [-0.05, 0) is 12.1 Å². The number of halogens is 3. The van der Waals surface area contributed by atoms with Crippen LogP contribution in [0.5, 0.6) is 0 Å². The predicted molar refractivity (Wildman–Crippen MR) is 89.1 cm³/mol. The minimum Gasteiger partial charge on any atom is -0.381 e. The van der Waals surface area contributed by atoms with Crippen LogP contribution in [-0.2, 0) is 11.3 Å². The smallest absolute Gasteiger partial charge is 0.295 e. The quantitative estimate of drug-likeness (QED) is 0.702. The molecule has 1 saturated carbocycles. The van der Waals surface area contributed by atoms with Crippen molar-refractivity contribution < 1.29 is 13.5 Å². The highest BCUT2D eigenvalue weighted by molar-refractivity contribution is 6.34.